The van der Waals surface area contributed by atoms with E-state index in [9.17, 15) is 17.6 Å². The monoisotopic (exact) mass is 472 g/mol. The van der Waals surface area contributed by atoms with Gasteiger partial charge in [-0.3, -0.25) is 4.79 Å². The fraction of sp³-hybridized carbons (Fsp3) is 0.263. The number of rotatable bonds is 3. The average molecular weight is 473 g/mol. The zero-order chi connectivity index (χ0) is 20.8. The van der Waals surface area contributed by atoms with Crippen LogP contribution in [0.15, 0.2) is 47.5 Å². The number of thioether (sulfide) groups is 1. The lowest BCUT2D eigenvalue weighted by Crippen LogP contribution is -2.37. The van der Waals surface area contributed by atoms with Crippen molar-refractivity contribution in [2.75, 3.05) is 16.4 Å². The van der Waals surface area contributed by atoms with Crippen molar-refractivity contribution in [2.24, 2.45) is 4.99 Å². The quantitative estimate of drug-likeness (QED) is 0.675. The topological polar surface area (TPSA) is 66.8 Å². The number of benzene rings is 2. The van der Waals surface area contributed by atoms with Crippen molar-refractivity contribution in [3.63, 3.8) is 0 Å². The summed E-state index contributed by atoms with van der Waals surface area (Å²) >= 11 is 13.4. The molecule has 0 radical (unpaired) electrons. The van der Waals surface area contributed by atoms with Gasteiger partial charge in [0.05, 0.1) is 34.0 Å². The third kappa shape index (κ3) is 4.45. The van der Waals surface area contributed by atoms with Gasteiger partial charge >= 0.3 is 0 Å². The van der Waals surface area contributed by atoms with Crippen molar-refractivity contribution < 1.29 is 17.6 Å². The van der Waals surface area contributed by atoms with Gasteiger partial charge < -0.3 is 4.90 Å². The molecule has 2 saturated heterocycles. The predicted octanol–water partition coefficient (Wildman–Crippen LogP) is 3.98. The Labute approximate surface area is 181 Å². The van der Waals surface area contributed by atoms with Gasteiger partial charge in [0, 0.05) is 10.9 Å². The maximum Gasteiger partial charge on any atom is 0.252 e. The first-order valence-corrected chi connectivity index (χ1v) is 12.1. The first-order valence-electron chi connectivity index (χ1n) is 8.69. The van der Waals surface area contributed by atoms with Crippen LogP contribution in [0.3, 0.4) is 0 Å². The molecule has 2 atom stereocenters. The zero-order valence-corrected chi connectivity index (χ0v) is 18.0. The predicted molar refractivity (Wildman–Crippen MR) is 115 cm³/mol. The molecular formula is C19H15Cl2FN2O3S2. The number of aliphatic imine (C=N–C) groups is 1. The van der Waals surface area contributed by atoms with E-state index >= 15 is 0 Å². The minimum Gasteiger partial charge on any atom is -0.316 e. The van der Waals surface area contributed by atoms with E-state index in [0.29, 0.717) is 26.5 Å². The largest absolute Gasteiger partial charge is 0.316 e. The molecule has 0 saturated carbocycles. The fourth-order valence-corrected chi connectivity index (χ4v) is 7.65. The molecule has 5 nitrogen and oxygen atoms in total. The summed E-state index contributed by atoms with van der Waals surface area (Å²) in [7, 11) is -3.17. The lowest BCUT2D eigenvalue weighted by Gasteiger charge is -2.24. The second-order valence-electron chi connectivity index (χ2n) is 6.86. The van der Waals surface area contributed by atoms with Crippen molar-refractivity contribution in [2.45, 2.75) is 17.7 Å². The number of hydrogen-bond acceptors (Lipinski definition) is 4. The lowest BCUT2D eigenvalue weighted by atomic mass is 10.1. The van der Waals surface area contributed by atoms with E-state index in [1.54, 1.807) is 23.1 Å². The first-order chi connectivity index (χ1) is 13.7. The maximum atomic E-state index is 13.1. The smallest absolute Gasteiger partial charge is 0.252 e. The molecule has 2 aromatic carbocycles. The third-order valence-corrected chi connectivity index (χ3v) is 8.69. The number of nitrogens with zero attached hydrogens (tertiary/aromatic N) is 2. The molecule has 29 heavy (non-hydrogen) atoms. The molecule has 0 spiro atoms. The molecule has 2 aliphatic heterocycles. The van der Waals surface area contributed by atoms with Crippen LogP contribution in [0.5, 0.6) is 0 Å². The first kappa shape index (κ1) is 20.7. The molecule has 2 aliphatic rings. The summed E-state index contributed by atoms with van der Waals surface area (Å²) in [6.07, 6.45) is 0.0210. The maximum absolute atomic E-state index is 13.1. The number of fused-ring (bicyclic) bond motifs is 1. The van der Waals surface area contributed by atoms with E-state index in [4.69, 9.17) is 23.2 Å². The van der Waals surface area contributed by atoms with E-state index in [1.807, 2.05) is 0 Å². The van der Waals surface area contributed by atoms with E-state index < -0.39 is 15.7 Å². The van der Waals surface area contributed by atoms with Crippen LogP contribution in [-0.2, 0) is 21.1 Å². The Hall–Kier alpha value is -1.61. The second-order valence-corrected chi connectivity index (χ2v) is 11.0. The number of carbonyl (C=O) groups excluding carboxylic acids is 1. The van der Waals surface area contributed by atoms with Crippen LogP contribution in [0.2, 0.25) is 10.0 Å². The van der Waals surface area contributed by atoms with E-state index in [-0.39, 0.29) is 35.0 Å². The molecular weight excluding hydrogens is 458 g/mol. The van der Waals surface area contributed by atoms with Gasteiger partial charge in [0.2, 0.25) is 0 Å². The minimum atomic E-state index is -3.17. The summed E-state index contributed by atoms with van der Waals surface area (Å²) in [5, 5.41) is 0.923. The Morgan fingerprint density at radius 2 is 1.86 bits per heavy atom. The Morgan fingerprint density at radius 3 is 2.55 bits per heavy atom. The van der Waals surface area contributed by atoms with Crippen LogP contribution in [0, 0.1) is 5.82 Å². The Balaban J connectivity index is 1.65. The molecule has 10 heteroatoms. The minimum absolute atomic E-state index is 0.0178. The van der Waals surface area contributed by atoms with Crippen molar-refractivity contribution in [3.8, 4) is 0 Å². The van der Waals surface area contributed by atoms with Gasteiger partial charge in [0.15, 0.2) is 15.0 Å². The second kappa shape index (κ2) is 7.91. The van der Waals surface area contributed by atoms with Gasteiger partial charge in [0.25, 0.3) is 5.91 Å². The molecule has 0 aliphatic carbocycles. The number of anilines is 1. The molecule has 1 amide bonds. The number of carbonyl (C=O) groups is 1. The summed E-state index contributed by atoms with van der Waals surface area (Å²) in [5.41, 5.74) is 1.28. The van der Waals surface area contributed by atoms with Gasteiger partial charge in [0.1, 0.15) is 5.82 Å². The summed E-state index contributed by atoms with van der Waals surface area (Å²) < 4.78 is 37.3. The van der Waals surface area contributed by atoms with Crippen LogP contribution >= 0.6 is 35.0 Å². The van der Waals surface area contributed by atoms with Gasteiger partial charge in [-0.2, -0.15) is 4.99 Å². The summed E-state index contributed by atoms with van der Waals surface area (Å²) in [5.74, 6) is -0.757. The van der Waals surface area contributed by atoms with Gasteiger partial charge in [-0.15, -0.1) is 0 Å². The van der Waals surface area contributed by atoms with Gasteiger partial charge in [-0.05, 0) is 35.9 Å². The number of halogens is 3. The normalized spacial score (nSPS) is 24.1. The molecule has 0 unspecified atom stereocenters. The highest BCUT2D eigenvalue weighted by molar-refractivity contribution is 8.16. The van der Waals surface area contributed by atoms with Crippen LogP contribution < -0.4 is 4.90 Å². The van der Waals surface area contributed by atoms with Crippen molar-refractivity contribution in [1.82, 2.24) is 0 Å². The summed E-state index contributed by atoms with van der Waals surface area (Å²) in [6, 6.07) is 10.3. The Morgan fingerprint density at radius 1 is 1.14 bits per heavy atom. The molecule has 0 aromatic heterocycles. The van der Waals surface area contributed by atoms with E-state index in [0.717, 1.165) is 0 Å². The molecule has 2 aromatic rings. The van der Waals surface area contributed by atoms with Crippen LogP contribution in [-0.4, -0.2) is 42.3 Å². The molecule has 2 fully saturated rings. The highest BCUT2D eigenvalue weighted by atomic mass is 35.5. The number of sulfone groups is 1. The fourth-order valence-electron chi connectivity index (χ4n) is 3.42. The molecule has 2 heterocycles. The molecule has 0 N–H and O–H groups in total. The summed E-state index contributed by atoms with van der Waals surface area (Å²) in [6.45, 7) is 0. The molecule has 0 bridgehead atoms. The molecule has 152 valence electrons. The number of hydrogen-bond donors (Lipinski definition) is 0. The van der Waals surface area contributed by atoms with E-state index in [2.05, 4.69) is 4.99 Å². The molecule has 4 rings (SSSR count). The van der Waals surface area contributed by atoms with Crippen LogP contribution in [0.4, 0.5) is 10.1 Å². The van der Waals surface area contributed by atoms with Crippen molar-refractivity contribution in [1.29, 1.82) is 0 Å². The Kier molecular flexibility index (Phi) is 5.63. The van der Waals surface area contributed by atoms with Crippen molar-refractivity contribution in [3.05, 3.63) is 63.9 Å². The Bertz CT molecular complexity index is 1110. The van der Waals surface area contributed by atoms with Crippen LogP contribution in [0.1, 0.15) is 5.56 Å². The third-order valence-electron chi connectivity index (χ3n) is 4.74. The highest BCUT2D eigenvalue weighted by Gasteiger charge is 2.49. The zero-order valence-electron chi connectivity index (χ0n) is 14.9. The van der Waals surface area contributed by atoms with Gasteiger partial charge in [-0.1, -0.05) is 47.1 Å². The standard InChI is InChI=1S/C19H15Cl2FN2O3S2/c20-14-6-5-13(8-15(14)21)24-16-9-29(26,27)10-17(16)28-19(24)23-18(25)7-11-1-3-12(22)4-2-11/h1-6,8,16-17H,7,9-10H2/t16-,17+/m1/s1. The van der Waals surface area contributed by atoms with Gasteiger partial charge in [-0.25, -0.2) is 12.8 Å². The average Bonchev–Trinajstić information content (AvgIpc) is 3.10. The summed E-state index contributed by atoms with van der Waals surface area (Å²) in [4.78, 5) is 18.5. The number of amides is 1. The highest BCUT2D eigenvalue weighted by Crippen LogP contribution is 2.42. The lowest BCUT2D eigenvalue weighted by molar-refractivity contribution is -0.117. The van der Waals surface area contributed by atoms with E-state index in [1.165, 1.54) is 36.0 Å². The van der Waals surface area contributed by atoms with Crippen molar-refractivity contribution >= 4 is 61.6 Å². The SMILES string of the molecule is O=C(Cc1ccc(F)cc1)N=C1S[C@H]2CS(=O)(=O)C[C@H]2N1c1ccc(Cl)c(Cl)c1. The van der Waals surface area contributed by atoms with Crippen LogP contribution in [0.25, 0.3) is 0 Å². The number of amidine groups is 1.